The van der Waals surface area contributed by atoms with E-state index in [1.807, 2.05) is 15.5 Å². The second-order valence-electron chi connectivity index (χ2n) is 12.0. The van der Waals surface area contributed by atoms with Crippen LogP contribution in [0.25, 0.3) is 16.8 Å². The van der Waals surface area contributed by atoms with E-state index >= 15 is 0 Å². The predicted molar refractivity (Wildman–Crippen MR) is 160 cm³/mol. The molecule has 45 heavy (non-hydrogen) atoms. The third-order valence-electron chi connectivity index (χ3n) is 9.12. The molecule has 2 saturated heterocycles. The highest BCUT2D eigenvalue weighted by atomic mass is 19.4. The van der Waals surface area contributed by atoms with E-state index in [1.54, 1.807) is 24.4 Å². The lowest BCUT2D eigenvalue weighted by molar-refractivity contribution is -0.137. The molecule has 2 amide bonds. The van der Waals surface area contributed by atoms with Gasteiger partial charge in [0.1, 0.15) is 34.4 Å². The van der Waals surface area contributed by atoms with Gasteiger partial charge in [-0.25, -0.2) is 15.0 Å². The Labute approximate surface area is 256 Å². The minimum Gasteiger partial charge on any atom is -0.490 e. The molecule has 4 aromatic rings. The molecule has 0 spiro atoms. The van der Waals surface area contributed by atoms with Crippen LogP contribution in [-0.4, -0.2) is 54.8 Å². The van der Waals surface area contributed by atoms with Crippen LogP contribution in [0, 0.1) is 0 Å². The highest BCUT2D eigenvalue weighted by Crippen LogP contribution is 2.41. The number of hydrogen-bond donors (Lipinski definition) is 2. The molecular formula is C32H32F3N7O3. The van der Waals surface area contributed by atoms with Crippen LogP contribution in [0.5, 0.6) is 5.75 Å². The van der Waals surface area contributed by atoms with E-state index in [9.17, 15) is 22.8 Å². The maximum Gasteiger partial charge on any atom is 0.416 e. The zero-order valence-electron chi connectivity index (χ0n) is 24.4. The molecule has 234 valence electrons. The smallest absolute Gasteiger partial charge is 0.416 e. The number of aromatic nitrogens is 4. The summed E-state index contributed by atoms with van der Waals surface area (Å²) in [7, 11) is 0. The molecule has 0 radical (unpaired) electrons. The van der Waals surface area contributed by atoms with Gasteiger partial charge < -0.3 is 20.7 Å². The first-order valence-corrected chi connectivity index (χ1v) is 15.2. The molecule has 1 saturated carbocycles. The number of amides is 2. The number of pyridine rings is 1. The van der Waals surface area contributed by atoms with Crippen LogP contribution in [-0.2, 0) is 11.0 Å². The molecule has 10 nitrogen and oxygen atoms in total. The number of benzene rings is 1. The molecule has 3 N–H and O–H groups in total. The Morgan fingerprint density at radius 2 is 1.84 bits per heavy atom. The second-order valence-corrected chi connectivity index (χ2v) is 12.0. The summed E-state index contributed by atoms with van der Waals surface area (Å²) < 4.78 is 48.1. The summed E-state index contributed by atoms with van der Waals surface area (Å²) in [6.07, 6.45) is 6.81. The number of fused-ring (bicyclic) bond motifs is 2. The zero-order chi connectivity index (χ0) is 31.3. The van der Waals surface area contributed by atoms with Gasteiger partial charge in [0, 0.05) is 54.6 Å². The molecule has 7 rings (SSSR count). The van der Waals surface area contributed by atoms with Crippen molar-refractivity contribution < 1.29 is 27.5 Å². The van der Waals surface area contributed by atoms with Crippen molar-refractivity contribution in [2.45, 2.75) is 75.6 Å². The normalized spacial score (nSPS) is 20.5. The lowest BCUT2D eigenvalue weighted by Crippen LogP contribution is -2.41. The standard InChI is InChI=1S/C32H32F3N7O3/c33-32(34,35)20-11-12-37-25(16-20)39-31(44)18-6-9-23(24(15-18)45-22-3-1-2-4-22)27-28-29(36)38-13-14-41(28)30(40-27)19-5-7-21-8-10-26(43)42(21)17-19/h6,9,11-16,19,21-22H,1-5,7-8,10,17H2,(H2,36,38)(H,37,39,44)/t19-,21+/m1/s1. The van der Waals surface area contributed by atoms with Crippen LogP contribution >= 0.6 is 0 Å². The van der Waals surface area contributed by atoms with Gasteiger partial charge in [0.05, 0.1) is 11.7 Å². The van der Waals surface area contributed by atoms with Gasteiger partial charge in [-0.2, -0.15) is 13.2 Å². The van der Waals surface area contributed by atoms with E-state index in [4.69, 9.17) is 15.5 Å². The summed E-state index contributed by atoms with van der Waals surface area (Å²) in [5.74, 6) is 0.793. The first kappa shape index (κ1) is 29.1. The summed E-state index contributed by atoms with van der Waals surface area (Å²) in [6, 6.07) is 6.80. The van der Waals surface area contributed by atoms with Crippen LogP contribution in [0.4, 0.5) is 24.8 Å². The third-order valence-corrected chi connectivity index (χ3v) is 9.12. The van der Waals surface area contributed by atoms with Gasteiger partial charge in [0.25, 0.3) is 5.91 Å². The number of anilines is 2. The Morgan fingerprint density at radius 3 is 2.64 bits per heavy atom. The van der Waals surface area contributed by atoms with Crippen LogP contribution in [0.3, 0.4) is 0 Å². The number of ether oxygens (including phenoxy) is 1. The topological polar surface area (TPSA) is 128 Å². The Hall–Kier alpha value is -4.68. The van der Waals surface area contributed by atoms with Crippen LogP contribution < -0.4 is 15.8 Å². The van der Waals surface area contributed by atoms with E-state index in [-0.39, 0.29) is 41.2 Å². The lowest BCUT2D eigenvalue weighted by Gasteiger charge is -2.34. The van der Waals surface area contributed by atoms with E-state index in [2.05, 4.69) is 15.3 Å². The van der Waals surface area contributed by atoms with Crippen molar-refractivity contribution >= 4 is 29.0 Å². The molecule has 5 heterocycles. The summed E-state index contributed by atoms with van der Waals surface area (Å²) >= 11 is 0. The van der Waals surface area contributed by atoms with Crippen molar-refractivity contribution in [3.63, 3.8) is 0 Å². The van der Waals surface area contributed by atoms with E-state index in [0.717, 1.165) is 69.1 Å². The number of carbonyl (C=O) groups is 2. The number of carbonyl (C=O) groups excluding carboxylic acids is 2. The SMILES string of the molecule is Nc1nccn2c([C@@H]3CC[C@H]4CCC(=O)N4C3)nc(-c3ccc(C(=O)Nc4cc(C(F)(F)F)ccn4)cc3OC3CCCC3)c12. The van der Waals surface area contributed by atoms with Crippen molar-refractivity contribution in [1.29, 1.82) is 0 Å². The largest absolute Gasteiger partial charge is 0.490 e. The van der Waals surface area contributed by atoms with Gasteiger partial charge in [-0.1, -0.05) is 0 Å². The minimum atomic E-state index is -4.57. The monoisotopic (exact) mass is 619 g/mol. The maximum atomic E-state index is 13.2. The number of halogens is 3. The van der Waals surface area contributed by atoms with Gasteiger partial charge >= 0.3 is 6.18 Å². The highest BCUT2D eigenvalue weighted by molar-refractivity contribution is 6.04. The third kappa shape index (κ3) is 5.55. The number of hydrogen-bond acceptors (Lipinski definition) is 7. The number of nitrogens with two attached hydrogens (primary N) is 1. The minimum absolute atomic E-state index is 0.00411. The van der Waals surface area contributed by atoms with Crippen LogP contribution in [0.2, 0.25) is 0 Å². The Morgan fingerprint density at radius 1 is 1.02 bits per heavy atom. The average Bonchev–Trinajstić information content (AvgIpc) is 3.77. The molecule has 3 aliphatic rings. The molecule has 0 bridgehead atoms. The Balaban J connectivity index is 1.27. The lowest BCUT2D eigenvalue weighted by atomic mass is 9.92. The molecule has 2 atom stereocenters. The van der Waals surface area contributed by atoms with Crippen LogP contribution in [0.1, 0.15) is 79.0 Å². The molecule has 2 aliphatic heterocycles. The van der Waals surface area contributed by atoms with E-state index in [0.29, 0.717) is 35.5 Å². The molecule has 3 fully saturated rings. The number of nitrogens with one attached hydrogen (secondary N) is 1. The molecule has 0 unspecified atom stereocenters. The van der Waals surface area contributed by atoms with Crippen molar-refractivity contribution in [2.75, 3.05) is 17.6 Å². The molecule has 13 heteroatoms. The predicted octanol–water partition coefficient (Wildman–Crippen LogP) is 5.83. The van der Waals surface area contributed by atoms with E-state index in [1.165, 1.54) is 0 Å². The first-order chi connectivity index (χ1) is 21.7. The van der Waals surface area contributed by atoms with Gasteiger partial charge in [0.15, 0.2) is 0 Å². The fraction of sp³-hybridized carbons (Fsp3) is 0.406. The summed E-state index contributed by atoms with van der Waals surface area (Å²) in [5, 5.41) is 2.47. The van der Waals surface area contributed by atoms with Crippen molar-refractivity contribution in [1.82, 2.24) is 24.3 Å². The zero-order valence-corrected chi connectivity index (χ0v) is 24.4. The summed E-state index contributed by atoms with van der Waals surface area (Å²) in [4.78, 5) is 41.1. The maximum absolute atomic E-state index is 13.2. The number of imidazole rings is 1. The second kappa shape index (κ2) is 11.4. The Bertz CT molecular complexity index is 1780. The van der Waals surface area contributed by atoms with E-state index < -0.39 is 17.6 Å². The number of piperidine rings is 1. The Kier molecular flexibility index (Phi) is 7.33. The fourth-order valence-electron chi connectivity index (χ4n) is 6.85. The number of nitrogens with zero attached hydrogens (tertiary/aromatic N) is 5. The first-order valence-electron chi connectivity index (χ1n) is 15.2. The molecular weight excluding hydrogens is 587 g/mol. The number of alkyl halides is 3. The molecule has 3 aromatic heterocycles. The summed E-state index contributed by atoms with van der Waals surface area (Å²) in [5.41, 5.74) is 7.47. The molecule has 1 aliphatic carbocycles. The van der Waals surface area contributed by atoms with Crippen LogP contribution in [0.15, 0.2) is 48.9 Å². The number of nitrogen functional groups attached to an aromatic ring is 1. The van der Waals surface area contributed by atoms with Gasteiger partial charge in [0.2, 0.25) is 5.91 Å². The number of rotatable bonds is 6. The quantitative estimate of drug-likeness (QED) is 0.278. The van der Waals surface area contributed by atoms with Crippen molar-refractivity contribution in [3.05, 3.63) is 65.9 Å². The van der Waals surface area contributed by atoms with Gasteiger partial charge in [-0.05, 0) is 75.3 Å². The fourth-order valence-corrected chi connectivity index (χ4v) is 6.85. The average molecular weight is 620 g/mol. The van der Waals surface area contributed by atoms with Crippen molar-refractivity contribution in [3.8, 4) is 17.0 Å². The van der Waals surface area contributed by atoms with Gasteiger partial charge in [-0.15, -0.1) is 0 Å². The molecule has 1 aromatic carbocycles. The highest BCUT2D eigenvalue weighted by Gasteiger charge is 2.38. The van der Waals surface area contributed by atoms with Gasteiger partial charge in [-0.3, -0.25) is 14.0 Å². The van der Waals surface area contributed by atoms with Crippen molar-refractivity contribution in [2.24, 2.45) is 0 Å². The summed E-state index contributed by atoms with van der Waals surface area (Å²) in [6.45, 7) is 0.582.